The second kappa shape index (κ2) is 9.36. The summed E-state index contributed by atoms with van der Waals surface area (Å²) in [6.45, 7) is 2.13. The molecule has 0 radical (unpaired) electrons. The van der Waals surface area contributed by atoms with Gasteiger partial charge in [0.1, 0.15) is 5.82 Å². The van der Waals surface area contributed by atoms with Crippen molar-refractivity contribution < 1.29 is 32.3 Å². The Morgan fingerprint density at radius 3 is 2.08 bits per heavy atom. The molecule has 0 atom stereocenters. The number of nitrogens with one attached hydrogen (secondary N) is 1. The van der Waals surface area contributed by atoms with E-state index in [1.54, 1.807) is 12.1 Å². The number of Topliss-reactive ketones (excluding diaryl/α,β-unsaturated/α-hetero) is 1. The Morgan fingerprint density at radius 1 is 1.12 bits per heavy atom. The van der Waals surface area contributed by atoms with E-state index in [9.17, 15) is 22.4 Å². The molecular formula is C16H19F4NO3. The lowest BCUT2D eigenvalue weighted by Gasteiger charge is -2.22. The zero-order valence-corrected chi connectivity index (χ0v) is 12.9. The van der Waals surface area contributed by atoms with Crippen LogP contribution in [-0.2, 0) is 4.79 Å². The van der Waals surface area contributed by atoms with Crippen molar-refractivity contribution in [1.82, 2.24) is 5.32 Å². The van der Waals surface area contributed by atoms with Crippen LogP contribution in [0.5, 0.6) is 0 Å². The maximum Gasteiger partial charge on any atom is 0.490 e. The van der Waals surface area contributed by atoms with Crippen LogP contribution in [-0.4, -0.2) is 36.1 Å². The summed E-state index contributed by atoms with van der Waals surface area (Å²) in [7, 11) is 0. The molecule has 1 aliphatic rings. The van der Waals surface area contributed by atoms with E-state index in [0.717, 1.165) is 32.4 Å². The van der Waals surface area contributed by atoms with Crippen molar-refractivity contribution in [3.8, 4) is 0 Å². The van der Waals surface area contributed by atoms with Crippen LogP contribution in [0.2, 0.25) is 0 Å². The molecule has 134 valence electrons. The maximum absolute atomic E-state index is 12.7. The van der Waals surface area contributed by atoms with E-state index < -0.39 is 12.1 Å². The highest BCUT2D eigenvalue weighted by molar-refractivity contribution is 5.95. The maximum atomic E-state index is 12.7. The molecule has 1 heterocycles. The summed E-state index contributed by atoms with van der Waals surface area (Å²) in [4.78, 5) is 20.8. The highest BCUT2D eigenvalue weighted by atomic mass is 19.4. The van der Waals surface area contributed by atoms with Gasteiger partial charge in [0.05, 0.1) is 0 Å². The van der Waals surface area contributed by atoms with Crippen LogP contribution in [0.3, 0.4) is 0 Å². The number of halogens is 4. The number of benzene rings is 1. The fourth-order valence-corrected chi connectivity index (χ4v) is 2.29. The zero-order valence-electron chi connectivity index (χ0n) is 12.9. The van der Waals surface area contributed by atoms with Gasteiger partial charge >= 0.3 is 12.1 Å². The first-order valence-corrected chi connectivity index (χ1v) is 7.49. The van der Waals surface area contributed by atoms with E-state index in [1.165, 1.54) is 12.1 Å². The van der Waals surface area contributed by atoms with Gasteiger partial charge in [0.25, 0.3) is 0 Å². The van der Waals surface area contributed by atoms with Gasteiger partial charge in [0.15, 0.2) is 5.78 Å². The fourth-order valence-electron chi connectivity index (χ4n) is 2.29. The van der Waals surface area contributed by atoms with Gasteiger partial charge < -0.3 is 10.4 Å². The molecule has 0 spiro atoms. The molecule has 0 aromatic heterocycles. The van der Waals surface area contributed by atoms with Crippen molar-refractivity contribution in [1.29, 1.82) is 0 Å². The van der Waals surface area contributed by atoms with E-state index in [1.807, 2.05) is 0 Å². The molecule has 1 aromatic rings. The van der Waals surface area contributed by atoms with Crippen molar-refractivity contribution in [3.05, 3.63) is 35.6 Å². The third-order valence-corrected chi connectivity index (χ3v) is 3.65. The smallest absolute Gasteiger partial charge is 0.475 e. The second-order valence-electron chi connectivity index (χ2n) is 5.47. The number of rotatable bonds is 4. The molecule has 2 rings (SSSR count). The van der Waals surface area contributed by atoms with Gasteiger partial charge in [0.2, 0.25) is 0 Å². The van der Waals surface area contributed by atoms with Gasteiger partial charge in [-0.05, 0) is 62.5 Å². The van der Waals surface area contributed by atoms with Crippen LogP contribution in [0.15, 0.2) is 24.3 Å². The van der Waals surface area contributed by atoms with E-state index in [0.29, 0.717) is 17.9 Å². The second-order valence-corrected chi connectivity index (χ2v) is 5.47. The lowest BCUT2D eigenvalue weighted by molar-refractivity contribution is -0.192. The molecule has 1 saturated heterocycles. The minimum atomic E-state index is -5.08. The number of carbonyl (C=O) groups is 2. The van der Waals surface area contributed by atoms with E-state index in [4.69, 9.17) is 9.90 Å². The Hall–Kier alpha value is -1.96. The molecule has 2 N–H and O–H groups in total. The molecule has 0 aliphatic carbocycles. The Balaban J connectivity index is 0.000000351. The van der Waals surface area contributed by atoms with Crippen LogP contribution in [0.25, 0.3) is 0 Å². The van der Waals surface area contributed by atoms with Crippen LogP contribution < -0.4 is 5.32 Å². The molecule has 1 aliphatic heterocycles. The van der Waals surface area contributed by atoms with Crippen molar-refractivity contribution in [2.45, 2.75) is 31.9 Å². The van der Waals surface area contributed by atoms with Crippen LogP contribution in [0.1, 0.15) is 36.0 Å². The lowest BCUT2D eigenvalue weighted by atomic mass is 9.91. The van der Waals surface area contributed by atoms with E-state index in [2.05, 4.69) is 5.32 Å². The third kappa shape index (κ3) is 7.54. The van der Waals surface area contributed by atoms with Gasteiger partial charge in [-0.15, -0.1) is 0 Å². The summed E-state index contributed by atoms with van der Waals surface area (Å²) < 4.78 is 44.4. The van der Waals surface area contributed by atoms with Crippen LogP contribution >= 0.6 is 0 Å². The lowest BCUT2D eigenvalue weighted by Crippen LogP contribution is -2.27. The average molecular weight is 349 g/mol. The summed E-state index contributed by atoms with van der Waals surface area (Å²) in [5, 5.41) is 10.4. The number of carbonyl (C=O) groups excluding carboxylic acids is 1. The van der Waals surface area contributed by atoms with E-state index in [-0.39, 0.29) is 11.6 Å². The van der Waals surface area contributed by atoms with Crippen molar-refractivity contribution in [2.24, 2.45) is 5.92 Å². The van der Waals surface area contributed by atoms with Gasteiger partial charge in [0, 0.05) is 12.0 Å². The summed E-state index contributed by atoms with van der Waals surface area (Å²) in [6, 6.07) is 5.83. The monoisotopic (exact) mass is 349 g/mol. The summed E-state index contributed by atoms with van der Waals surface area (Å²) in [5.41, 5.74) is 0.625. The summed E-state index contributed by atoms with van der Waals surface area (Å²) >= 11 is 0. The Bertz CT molecular complexity index is 537. The number of alkyl halides is 3. The molecule has 4 nitrogen and oxygen atoms in total. The van der Waals surface area contributed by atoms with Crippen LogP contribution in [0.4, 0.5) is 17.6 Å². The number of hydrogen-bond acceptors (Lipinski definition) is 3. The standard InChI is InChI=1S/C14H18FNO.C2HF3O2/c15-13-4-2-12(3-5-13)14(17)6-1-11-7-9-16-10-8-11;3-2(4,5)1(6)7/h2-5,11,16H,1,6-10H2;(H,6,7). The fraction of sp³-hybridized carbons (Fsp3) is 0.500. The quantitative estimate of drug-likeness (QED) is 0.646. The molecule has 1 aromatic carbocycles. The van der Waals surface area contributed by atoms with Crippen LogP contribution in [0, 0.1) is 11.7 Å². The first-order chi connectivity index (χ1) is 11.2. The summed E-state index contributed by atoms with van der Waals surface area (Å²) in [6.07, 6.45) is -1.22. The minimum absolute atomic E-state index is 0.128. The SMILES string of the molecule is O=C(CCC1CCNCC1)c1ccc(F)cc1.O=C(O)C(F)(F)F. The number of hydrogen-bond donors (Lipinski definition) is 2. The number of carboxylic acid groups (broad SMARTS) is 1. The number of aliphatic carboxylic acids is 1. The average Bonchev–Trinajstić information content (AvgIpc) is 2.54. The normalized spacial score (nSPS) is 15.3. The molecule has 24 heavy (non-hydrogen) atoms. The van der Waals surface area contributed by atoms with Gasteiger partial charge in [-0.25, -0.2) is 9.18 Å². The molecular weight excluding hydrogens is 330 g/mol. The molecule has 1 fully saturated rings. The van der Waals surface area contributed by atoms with E-state index >= 15 is 0 Å². The van der Waals surface area contributed by atoms with Gasteiger partial charge in [-0.2, -0.15) is 13.2 Å². The van der Waals surface area contributed by atoms with Gasteiger partial charge in [-0.3, -0.25) is 4.79 Å². The molecule has 0 unspecified atom stereocenters. The predicted octanol–water partition coefficient (Wildman–Crippen LogP) is 3.42. The summed E-state index contributed by atoms with van der Waals surface area (Å²) in [5.74, 6) is -2.25. The van der Waals surface area contributed by atoms with Crippen molar-refractivity contribution in [2.75, 3.05) is 13.1 Å². The minimum Gasteiger partial charge on any atom is -0.475 e. The van der Waals surface area contributed by atoms with Gasteiger partial charge in [-0.1, -0.05) is 0 Å². The number of ketones is 1. The Kier molecular flexibility index (Phi) is 7.84. The highest BCUT2D eigenvalue weighted by Gasteiger charge is 2.38. The largest absolute Gasteiger partial charge is 0.490 e. The highest BCUT2D eigenvalue weighted by Crippen LogP contribution is 2.19. The first kappa shape index (κ1) is 20.1. The molecule has 0 amide bonds. The number of piperidine rings is 1. The Morgan fingerprint density at radius 2 is 1.62 bits per heavy atom. The molecule has 8 heteroatoms. The first-order valence-electron chi connectivity index (χ1n) is 7.49. The topological polar surface area (TPSA) is 66.4 Å². The van der Waals surface area contributed by atoms with Crippen molar-refractivity contribution in [3.63, 3.8) is 0 Å². The zero-order chi connectivity index (χ0) is 18.2. The number of carboxylic acids is 1. The molecule has 0 saturated carbocycles. The molecule has 0 bridgehead atoms. The predicted molar refractivity (Wildman–Crippen MR) is 79.2 cm³/mol. The van der Waals surface area contributed by atoms with Crippen molar-refractivity contribution >= 4 is 11.8 Å². The Labute approximate surface area is 136 Å². The third-order valence-electron chi connectivity index (χ3n) is 3.65.